The Morgan fingerprint density at radius 2 is 2.19 bits per heavy atom. The molecule has 1 aliphatic heterocycles. The minimum atomic E-state index is -0.714. The predicted octanol–water partition coefficient (Wildman–Crippen LogP) is 1.67. The zero-order chi connectivity index (χ0) is 19.1. The van der Waals surface area contributed by atoms with E-state index in [-0.39, 0.29) is 30.7 Å². The standard InChI is InChI=1S/C18H24ClN3O4/c1-12(2)11-26-17(24)9-15-18(25)20-6-7-22(15)10-16(23)21-14-5-3-4-13(19)8-14/h3-5,8,12,15H,6-7,9-11H2,1-2H3,(H,20,25)(H,21,23). The number of amides is 2. The first-order chi connectivity index (χ1) is 12.3. The van der Waals surface area contributed by atoms with Gasteiger partial charge in [0.1, 0.15) is 6.04 Å². The van der Waals surface area contributed by atoms with E-state index in [0.717, 1.165) is 0 Å². The maximum absolute atomic E-state index is 12.3. The minimum absolute atomic E-state index is 0.00204. The SMILES string of the molecule is CC(C)COC(=O)CC1C(=O)NCCN1CC(=O)Nc1cccc(Cl)c1. The van der Waals surface area contributed by atoms with Gasteiger partial charge in [-0.3, -0.25) is 19.3 Å². The van der Waals surface area contributed by atoms with Gasteiger partial charge in [-0.15, -0.1) is 0 Å². The molecule has 142 valence electrons. The number of rotatable bonds is 7. The van der Waals surface area contributed by atoms with Crippen molar-refractivity contribution >= 4 is 35.1 Å². The molecule has 1 unspecified atom stereocenters. The van der Waals surface area contributed by atoms with E-state index in [2.05, 4.69) is 10.6 Å². The number of nitrogens with one attached hydrogen (secondary N) is 2. The van der Waals surface area contributed by atoms with Crippen molar-refractivity contribution in [3.8, 4) is 0 Å². The monoisotopic (exact) mass is 381 g/mol. The highest BCUT2D eigenvalue weighted by atomic mass is 35.5. The average molecular weight is 382 g/mol. The zero-order valence-corrected chi connectivity index (χ0v) is 15.7. The molecule has 1 saturated heterocycles. The Morgan fingerprint density at radius 3 is 2.88 bits per heavy atom. The third kappa shape index (κ3) is 6.31. The van der Waals surface area contributed by atoms with Gasteiger partial charge in [-0.05, 0) is 24.1 Å². The maximum atomic E-state index is 12.3. The first kappa shape index (κ1) is 20.2. The maximum Gasteiger partial charge on any atom is 0.307 e. The van der Waals surface area contributed by atoms with E-state index in [0.29, 0.717) is 30.4 Å². The molecule has 8 heteroatoms. The first-order valence-corrected chi connectivity index (χ1v) is 8.95. The van der Waals surface area contributed by atoms with Crippen LogP contribution in [-0.4, -0.2) is 55.0 Å². The van der Waals surface area contributed by atoms with E-state index in [4.69, 9.17) is 16.3 Å². The Labute approximate surface area is 158 Å². The number of piperazine rings is 1. The second-order valence-corrected chi connectivity index (χ2v) is 7.05. The lowest BCUT2D eigenvalue weighted by molar-refractivity contribution is -0.149. The molecule has 0 bridgehead atoms. The van der Waals surface area contributed by atoms with Gasteiger partial charge in [0, 0.05) is 23.8 Å². The second kappa shape index (κ2) is 9.54. The molecule has 0 saturated carbocycles. The molecule has 1 aromatic carbocycles. The van der Waals surface area contributed by atoms with Crippen molar-refractivity contribution in [3.63, 3.8) is 0 Å². The van der Waals surface area contributed by atoms with E-state index >= 15 is 0 Å². The molecule has 2 rings (SSSR count). The second-order valence-electron chi connectivity index (χ2n) is 6.62. The summed E-state index contributed by atoms with van der Waals surface area (Å²) in [4.78, 5) is 38.1. The molecule has 26 heavy (non-hydrogen) atoms. The van der Waals surface area contributed by atoms with Crippen LogP contribution in [0.25, 0.3) is 0 Å². The molecule has 1 atom stereocenters. The van der Waals surface area contributed by atoms with Crippen LogP contribution in [0.15, 0.2) is 24.3 Å². The molecule has 0 spiro atoms. The fraction of sp³-hybridized carbons (Fsp3) is 0.500. The third-order valence-corrected chi connectivity index (χ3v) is 4.07. The fourth-order valence-electron chi connectivity index (χ4n) is 2.60. The van der Waals surface area contributed by atoms with E-state index in [1.54, 1.807) is 29.2 Å². The first-order valence-electron chi connectivity index (χ1n) is 8.58. The summed E-state index contributed by atoms with van der Waals surface area (Å²) >= 11 is 5.91. The predicted molar refractivity (Wildman–Crippen MR) is 98.9 cm³/mol. The number of benzene rings is 1. The molecule has 2 amide bonds. The Bertz CT molecular complexity index is 666. The molecule has 1 aromatic rings. The number of halogens is 1. The number of nitrogens with zero attached hydrogens (tertiary/aromatic N) is 1. The molecule has 2 N–H and O–H groups in total. The molecule has 1 aliphatic rings. The van der Waals surface area contributed by atoms with Gasteiger partial charge in [-0.2, -0.15) is 0 Å². The summed E-state index contributed by atoms with van der Waals surface area (Å²) in [5.74, 6) is -0.768. The van der Waals surface area contributed by atoms with Gasteiger partial charge in [-0.1, -0.05) is 31.5 Å². The molecule has 1 heterocycles. The quantitative estimate of drug-likeness (QED) is 0.701. The zero-order valence-electron chi connectivity index (χ0n) is 15.0. The summed E-state index contributed by atoms with van der Waals surface area (Å²) in [5.41, 5.74) is 0.580. The highest BCUT2D eigenvalue weighted by Gasteiger charge is 2.33. The summed E-state index contributed by atoms with van der Waals surface area (Å²) in [6.07, 6.45) is -0.0804. The number of hydrogen-bond acceptors (Lipinski definition) is 5. The van der Waals surface area contributed by atoms with Gasteiger partial charge in [0.05, 0.1) is 19.6 Å². The number of carbonyl (C=O) groups excluding carboxylic acids is 3. The molecular weight excluding hydrogens is 358 g/mol. The van der Waals surface area contributed by atoms with Crippen molar-refractivity contribution < 1.29 is 19.1 Å². The molecule has 0 aromatic heterocycles. The topological polar surface area (TPSA) is 87.7 Å². The summed E-state index contributed by atoms with van der Waals surface area (Å²) < 4.78 is 5.16. The van der Waals surface area contributed by atoms with Gasteiger partial charge < -0.3 is 15.4 Å². The summed E-state index contributed by atoms with van der Waals surface area (Å²) in [6.45, 7) is 5.10. The number of esters is 1. The van der Waals surface area contributed by atoms with Crippen LogP contribution in [0, 0.1) is 5.92 Å². The number of ether oxygens (including phenoxy) is 1. The lowest BCUT2D eigenvalue weighted by Gasteiger charge is -2.33. The van der Waals surface area contributed by atoms with Gasteiger partial charge in [0.2, 0.25) is 11.8 Å². The minimum Gasteiger partial charge on any atom is -0.465 e. The lowest BCUT2D eigenvalue weighted by atomic mass is 10.1. The van der Waals surface area contributed by atoms with Crippen molar-refractivity contribution in [1.82, 2.24) is 10.2 Å². The Hall–Kier alpha value is -2.12. The Morgan fingerprint density at radius 1 is 1.42 bits per heavy atom. The van der Waals surface area contributed by atoms with Gasteiger partial charge in [-0.25, -0.2) is 0 Å². The van der Waals surface area contributed by atoms with Gasteiger partial charge in [0.15, 0.2) is 0 Å². The van der Waals surface area contributed by atoms with E-state index in [1.807, 2.05) is 13.8 Å². The van der Waals surface area contributed by atoms with Crippen LogP contribution < -0.4 is 10.6 Å². The normalized spacial score (nSPS) is 17.7. The average Bonchev–Trinajstić information content (AvgIpc) is 2.56. The number of hydrogen-bond donors (Lipinski definition) is 2. The summed E-state index contributed by atoms with van der Waals surface area (Å²) in [5, 5.41) is 5.99. The molecule has 0 aliphatic carbocycles. The van der Waals surface area contributed by atoms with E-state index in [1.165, 1.54) is 0 Å². The molecule has 0 radical (unpaired) electrons. The molecule has 1 fully saturated rings. The highest BCUT2D eigenvalue weighted by Crippen LogP contribution is 2.15. The summed E-state index contributed by atoms with van der Waals surface area (Å²) in [6, 6.07) is 6.11. The lowest BCUT2D eigenvalue weighted by Crippen LogP contribution is -2.57. The van der Waals surface area contributed by atoms with Gasteiger partial charge >= 0.3 is 5.97 Å². The Balaban J connectivity index is 1.94. The van der Waals surface area contributed by atoms with Gasteiger partial charge in [0.25, 0.3) is 0 Å². The van der Waals surface area contributed by atoms with Crippen LogP contribution in [-0.2, 0) is 19.1 Å². The van der Waals surface area contributed by atoms with Crippen molar-refractivity contribution in [2.45, 2.75) is 26.3 Å². The Kier molecular flexibility index (Phi) is 7.41. The largest absolute Gasteiger partial charge is 0.465 e. The van der Waals surface area contributed by atoms with Crippen molar-refractivity contribution in [2.24, 2.45) is 5.92 Å². The molecule has 7 nitrogen and oxygen atoms in total. The smallest absolute Gasteiger partial charge is 0.307 e. The fourth-order valence-corrected chi connectivity index (χ4v) is 2.79. The summed E-state index contributed by atoms with van der Waals surface area (Å²) in [7, 11) is 0. The number of carbonyl (C=O) groups is 3. The number of anilines is 1. The van der Waals surface area contributed by atoms with Crippen molar-refractivity contribution in [3.05, 3.63) is 29.3 Å². The van der Waals surface area contributed by atoms with Crippen LogP contribution >= 0.6 is 11.6 Å². The van der Waals surface area contributed by atoms with Crippen molar-refractivity contribution in [2.75, 3.05) is 31.6 Å². The molecular formula is C18H24ClN3O4. The van der Waals surface area contributed by atoms with Crippen LogP contribution in [0.1, 0.15) is 20.3 Å². The van der Waals surface area contributed by atoms with Crippen molar-refractivity contribution in [1.29, 1.82) is 0 Å². The highest BCUT2D eigenvalue weighted by molar-refractivity contribution is 6.30. The third-order valence-electron chi connectivity index (χ3n) is 3.83. The van der Waals surface area contributed by atoms with Crippen LogP contribution in [0.4, 0.5) is 5.69 Å². The van der Waals surface area contributed by atoms with Crippen LogP contribution in [0.3, 0.4) is 0 Å². The van der Waals surface area contributed by atoms with E-state index in [9.17, 15) is 14.4 Å². The van der Waals surface area contributed by atoms with Crippen LogP contribution in [0.5, 0.6) is 0 Å². The van der Waals surface area contributed by atoms with E-state index < -0.39 is 12.0 Å². The van der Waals surface area contributed by atoms with Crippen LogP contribution in [0.2, 0.25) is 5.02 Å².